The minimum absolute atomic E-state index is 0. The molecule has 0 saturated carbocycles. The van der Waals surface area contributed by atoms with Crippen molar-refractivity contribution in [2.75, 3.05) is 26.2 Å². The Bertz CT molecular complexity index is 283. The molecule has 0 aromatic heterocycles. The van der Waals surface area contributed by atoms with Gasteiger partial charge < -0.3 is 12.9 Å². The molecule has 0 bridgehead atoms. The predicted molar refractivity (Wildman–Crippen MR) is 141 cm³/mol. The lowest BCUT2D eigenvalue weighted by atomic mass is 10.0. The SMILES string of the molecule is CCCCCCCCCCCCCCCC[N+](CCCC)(CCCC)CCCC.[B-]. The highest BCUT2D eigenvalue weighted by Crippen LogP contribution is 2.18. The Kier molecular flexibility index (Phi) is 27.1. The summed E-state index contributed by atoms with van der Waals surface area (Å²) in [6.45, 7) is 15.2. The van der Waals surface area contributed by atoms with Gasteiger partial charge in [-0.05, 0) is 32.1 Å². The summed E-state index contributed by atoms with van der Waals surface area (Å²) in [5.41, 5.74) is 0. The summed E-state index contributed by atoms with van der Waals surface area (Å²) in [5, 5.41) is 0. The highest BCUT2D eigenvalue weighted by molar-refractivity contribution is 5.75. The van der Waals surface area contributed by atoms with Crippen LogP contribution in [0.2, 0.25) is 0 Å². The van der Waals surface area contributed by atoms with Gasteiger partial charge in [-0.3, -0.25) is 0 Å². The van der Waals surface area contributed by atoms with Crippen LogP contribution in [0.5, 0.6) is 0 Å². The van der Waals surface area contributed by atoms with Crippen LogP contribution in [0.4, 0.5) is 0 Å². The zero-order chi connectivity index (χ0) is 21.5. The normalized spacial score (nSPS) is 11.6. The predicted octanol–water partition coefficient (Wildman–Crippen LogP) is 9.30. The van der Waals surface area contributed by atoms with E-state index in [4.69, 9.17) is 0 Å². The molecule has 0 N–H and O–H groups in total. The smallest absolute Gasteiger partial charge is 0.0786 e. The van der Waals surface area contributed by atoms with Crippen LogP contribution in [0.3, 0.4) is 0 Å². The largest absolute Gasteiger partial charge is 1.00 e. The van der Waals surface area contributed by atoms with Crippen LogP contribution in [-0.4, -0.2) is 39.1 Å². The van der Waals surface area contributed by atoms with E-state index in [2.05, 4.69) is 27.7 Å². The van der Waals surface area contributed by atoms with Crippen LogP contribution < -0.4 is 0 Å². The fourth-order valence-corrected chi connectivity index (χ4v) is 4.79. The van der Waals surface area contributed by atoms with Crippen LogP contribution in [-0.2, 0) is 0 Å². The molecule has 0 unspecified atom stereocenters. The molecule has 0 aromatic carbocycles. The van der Waals surface area contributed by atoms with Gasteiger partial charge in [0.2, 0.25) is 0 Å². The van der Waals surface area contributed by atoms with Gasteiger partial charge in [-0.15, -0.1) is 0 Å². The van der Waals surface area contributed by atoms with Crippen LogP contribution in [0.25, 0.3) is 0 Å². The number of quaternary nitrogens is 1. The number of rotatable bonds is 24. The third-order valence-corrected chi connectivity index (χ3v) is 6.94. The Morgan fingerprint density at radius 3 is 0.833 bits per heavy atom. The Hall–Kier alpha value is 0.0249. The molecule has 0 aliphatic heterocycles. The number of unbranched alkanes of at least 4 members (excludes halogenated alkanes) is 16. The Morgan fingerprint density at radius 1 is 0.300 bits per heavy atom. The van der Waals surface area contributed by atoms with Gasteiger partial charge in [0.15, 0.2) is 0 Å². The molecular weight excluding hydrogens is 361 g/mol. The summed E-state index contributed by atoms with van der Waals surface area (Å²) in [7, 11) is 0. The van der Waals surface area contributed by atoms with E-state index in [1.807, 2.05) is 0 Å². The number of hydrogen-bond acceptors (Lipinski definition) is 0. The third kappa shape index (κ3) is 20.0. The first-order valence-electron chi connectivity index (χ1n) is 14.1. The first-order chi connectivity index (χ1) is 14.2. The molecule has 0 aliphatic rings. The van der Waals surface area contributed by atoms with Gasteiger partial charge in [0.05, 0.1) is 26.2 Å². The molecule has 0 amide bonds. The van der Waals surface area contributed by atoms with Gasteiger partial charge in [0.25, 0.3) is 0 Å². The van der Waals surface area contributed by atoms with E-state index < -0.39 is 0 Å². The summed E-state index contributed by atoms with van der Waals surface area (Å²) >= 11 is 0. The zero-order valence-corrected chi connectivity index (χ0v) is 22.0. The van der Waals surface area contributed by atoms with E-state index in [0.29, 0.717) is 0 Å². The molecule has 0 atom stereocenters. The second-order valence-corrected chi connectivity index (χ2v) is 9.89. The van der Waals surface area contributed by atoms with Gasteiger partial charge in [0, 0.05) is 0 Å². The van der Waals surface area contributed by atoms with Crippen molar-refractivity contribution in [2.45, 2.75) is 156 Å². The fourth-order valence-electron chi connectivity index (χ4n) is 4.79. The molecule has 0 fully saturated rings. The monoisotopic (exact) mass is 421 g/mol. The fraction of sp³-hybridized carbons (Fsp3) is 1.00. The Morgan fingerprint density at radius 2 is 0.533 bits per heavy atom. The number of nitrogens with zero attached hydrogens (tertiary/aromatic N) is 1. The molecule has 4 radical (unpaired) electrons. The molecule has 0 saturated heterocycles. The van der Waals surface area contributed by atoms with Crippen LogP contribution >= 0.6 is 0 Å². The molecule has 0 heterocycles. The second kappa shape index (κ2) is 25.3. The Balaban J connectivity index is 0. The lowest BCUT2D eigenvalue weighted by Crippen LogP contribution is -2.50. The lowest BCUT2D eigenvalue weighted by Gasteiger charge is -2.39. The average molecular weight is 422 g/mol. The van der Waals surface area contributed by atoms with E-state index in [1.54, 1.807) is 0 Å². The van der Waals surface area contributed by atoms with Gasteiger partial charge >= 0.3 is 0 Å². The molecule has 0 aliphatic carbocycles. The third-order valence-electron chi connectivity index (χ3n) is 6.94. The van der Waals surface area contributed by atoms with Crippen molar-refractivity contribution in [3.63, 3.8) is 0 Å². The molecule has 0 aromatic rings. The van der Waals surface area contributed by atoms with Crippen LogP contribution in [0.1, 0.15) is 156 Å². The van der Waals surface area contributed by atoms with E-state index in [9.17, 15) is 0 Å². The highest BCUT2D eigenvalue weighted by Gasteiger charge is 2.24. The number of hydrogen-bond donors (Lipinski definition) is 0. The van der Waals surface area contributed by atoms with Crippen molar-refractivity contribution in [3.8, 4) is 0 Å². The molecule has 1 nitrogen and oxygen atoms in total. The summed E-state index contributed by atoms with van der Waals surface area (Å²) in [5.74, 6) is 0. The van der Waals surface area contributed by atoms with Crippen molar-refractivity contribution in [2.24, 2.45) is 0 Å². The van der Waals surface area contributed by atoms with Crippen LogP contribution in [0.15, 0.2) is 0 Å². The average Bonchev–Trinajstić information content (AvgIpc) is 2.74. The minimum Gasteiger partial charge on any atom is -1.00 e. The van der Waals surface area contributed by atoms with Gasteiger partial charge in [0.1, 0.15) is 0 Å². The van der Waals surface area contributed by atoms with Crippen molar-refractivity contribution in [3.05, 3.63) is 0 Å². The summed E-state index contributed by atoms with van der Waals surface area (Å²) in [6, 6.07) is 0. The molecule has 30 heavy (non-hydrogen) atoms. The summed E-state index contributed by atoms with van der Waals surface area (Å²) < 4.78 is 1.44. The van der Waals surface area contributed by atoms with Crippen molar-refractivity contribution in [1.82, 2.24) is 0 Å². The second-order valence-electron chi connectivity index (χ2n) is 9.89. The molecular formula is C28H60BN. The van der Waals surface area contributed by atoms with E-state index >= 15 is 0 Å². The minimum atomic E-state index is 0. The van der Waals surface area contributed by atoms with Crippen molar-refractivity contribution in [1.29, 1.82) is 0 Å². The molecule has 0 spiro atoms. The first-order valence-corrected chi connectivity index (χ1v) is 14.1. The van der Waals surface area contributed by atoms with E-state index in [1.165, 1.54) is 159 Å². The van der Waals surface area contributed by atoms with Crippen molar-refractivity contribution < 1.29 is 4.48 Å². The highest BCUT2D eigenvalue weighted by atomic mass is 15.3. The van der Waals surface area contributed by atoms with Crippen molar-refractivity contribution >= 4 is 8.41 Å². The quantitative estimate of drug-likeness (QED) is 0.0827. The summed E-state index contributed by atoms with van der Waals surface area (Å²) in [4.78, 5) is 0. The van der Waals surface area contributed by atoms with E-state index in [-0.39, 0.29) is 8.41 Å². The molecule has 2 heteroatoms. The van der Waals surface area contributed by atoms with Crippen LogP contribution in [0, 0.1) is 0 Å². The topological polar surface area (TPSA) is 0 Å². The molecule has 180 valence electrons. The van der Waals surface area contributed by atoms with E-state index in [0.717, 1.165) is 0 Å². The standard InChI is InChI=1S/C28H60N.B/c1-5-9-13-14-15-16-17-18-19-20-21-22-23-24-28-29(25-10-6-2,26-11-7-3)27-12-8-4;/h5-28H2,1-4H3;/q+1;-1. The first kappa shape index (κ1) is 32.2. The van der Waals surface area contributed by atoms with Gasteiger partial charge in [-0.1, -0.05) is 124 Å². The maximum Gasteiger partial charge on any atom is 0.0786 e. The zero-order valence-electron chi connectivity index (χ0n) is 22.0. The van der Waals surface area contributed by atoms with Gasteiger partial charge in [-0.2, -0.15) is 0 Å². The molecule has 0 rings (SSSR count). The lowest BCUT2D eigenvalue weighted by molar-refractivity contribution is -0.929. The summed E-state index contributed by atoms with van der Waals surface area (Å²) in [6.07, 6.45) is 28.9. The maximum atomic E-state index is 2.36. The Labute approximate surface area is 195 Å². The maximum absolute atomic E-state index is 2.36. The van der Waals surface area contributed by atoms with Gasteiger partial charge in [-0.25, -0.2) is 0 Å².